The Balaban J connectivity index is 2.21. The highest BCUT2D eigenvalue weighted by Gasteiger charge is 2.04. The molecule has 0 unspecified atom stereocenters. The molecule has 0 heterocycles. The van der Waals surface area contributed by atoms with Gasteiger partial charge in [-0.2, -0.15) is 0 Å². The van der Waals surface area contributed by atoms with E-state index in [1.54, 1.807) is 0 Å². The largest absolute Gasteiger partial charge is 0.457 e. The molecule has 2 rings (SSSR count). The molecule has 0 saturated heterocycles. The Morgan fingerprint density at radius 2 is 1.84 bits per heavy atom. The summed E-state index contributed by atoms with van der Waals surface area (Å²) in [6.45, 7) is 4.34. The van der Waals surface area contributed by atoms with Crippen molar-refractivity contribution in [3.8, 4) is 11.5 Å². The number of halogens is 2. The van der Waals surface area contributed by atoms with E-state index in [0.29, 0.717) is 11.8 Å². The smallest absolute Gasteiger partial charge is 0.128 e. The summed E-state index contributed by atoms with van der Waals surface area (Å²) in [7, 11) is 0. The summed E-state index contributed by atoms with van der Waals surface area (Å²) in [4.78, 5) is 0. The second-order valence-corrected chi connectivity index (χ2v) is 5.84. The van der Waals surface area contributed by atoms with Crippen molar-refractivity contribution in [2.75, 3.05) is 0 Å². The Bertz CT molecular complexity index is 566. The first-order chi connectivity index (χ1) is 9.10. The average molecular weight is 340 g/mol. The van der Waals surface area contributed by atoms with Gasteiger partial charge in [-0.25, -0.2) is 0 Å². The zero-order valence-electron chi connectivity index (χ0n) is 11.0. The van der Waals surface area contributed by atoms with Crippen LogP contribution in [0.5, 0.6) is 11.5 Å². The SMILES string of the molecule is CC(C)c1cccc(Oc2ccc(CCl)c(Br)c2)c1. The lowest BCUT2D eigenvalue weighted by molar-refractivity contribution is 0.481. The summed E-state index contributed by atoms with van der Waals surface area (Å²) in [5.74, 6) is 2.65. The van der Waals surface area contributed by atoms with Crippen LogP contribution in [0.3, 0.4) is 0 Å². The van der Waals surface area contributed by atoms with E-state index in [9.17, 15) is 0 Å². The van der Waals surface area contributed by atoms with Crippen LogP contribution in [0.4, 0.5) is 0 Å². The van der Waals surface area contributed by atoms with Crippen LogP contribution < -0.4 is 4.74 Å². The summed E-state index contributed by atoms with van der Waals surface area (Å²) in [5.41, 5.74) is 2.33. The summed E-state index contributed by atoms with van der Waals surface area (Å²) < 4.78 is 6.85. The number of hydrogen-bond donors (Lipinski definition) is 0. The standard InChI is InChI=1S/C16H16BrClO/c1-11(2)12-4-3-5-14(8-12)19-15-7-6-13(10-18)16(17)9-15/h3-9,11H,10H2,1-2H3. The highest BCUT2D eigenvalue weighted by molar-refractivity contribution is 9.10. The number of benzene rings is 2. The van der Waals surface area contributed by atoms with Crippen molar-refractivity contribution in [2.24, 2.45) is 0 Å². The highest BCUT2D eigenvalue weighted by Crippen LogP contribution is 2.29. The predicted molar refractivity (Wildman–Crippen MR) is 84.3 cm³/mol. The van der Waals surface area contributed by atoms with Crippen molar-refractivity contribution in [3.63, 3.8) is 0 Å². The Kier molecular flexibility index (Phi) is 4.89. The molecule has 0 N–H and O–H groups in total. The highest BCUT2D eigenvalue weighted by atomic mass is 79.9. The van der Waals surface area contributed by atoms with Crippen LogP contribution in [0.1, 0.15) is 30.9 Å². The van der Waals surface area contributed by atoms with E-state index in [0.717, 1.165) is 21.5 Å². The molecule has 0 aliphatic rings. The van der Waals surface area contributed by atoms with E-state index in [1.165, 1.54) is 5.56 Å². The van der Waals surface area contributed by atoms with Gasteiger partial charge < -0.3 is 4.74 Å². The first-order valence-corrected chi connectivity index (χ1v) is 7.55. The van der Waals surface area contributed by atoms with Gasteiger partial charge in [0.25, 0.3) is 0 Å². The molecular formula is C16H16BrClO. The first-order valence-electron chi connectivity index (χ1n) is 6.22. The van der Waals surface area contributed by atoms with Crippen molar-refractivity contribution < 1.29 is 4.74 Å². The van der Waals surface area contributed by atoms with Crippen molar-refractivity contribution >= 4 is 27.5 Å². The van der Waals surface area contributed by atoms with Crippen molar-refractivity contribution in [1.82, 2.24) is 0 Å². The molecular weight excluding hydrogens is 324 g/mol. The fraction of sp³-hybridized carbons (Fsp3) is 0.250. The zero-order valence-corrected chi connectivity index (χ0v) is 13.3. The summed E-state index contributed by atoms with van der Waals surface area (Å²) in [6, 6.07) is 14.0. The molecule has 0 bridgehead atoms. The van der Waals surface area contributed by atoms with E-state index in [-0.39, 0.29) is 0 Å². The van der Waals surface area contributed by atoms with E-state index in [1.807, 2.05) is 30.3 Å². The van der Waals surface area contributed by atoms with Gasteiger partial charge in [0.05, 0.1) is 0 Å². The van der Waals surface area contributed by atoms with Gasteiger partial charge in [-0.3, -0.25) is 0 Å². The van der Waals surface area contributed by atoms with E-state index in [4.69, 9.17) is 16.3 Å². The lowest BCUT2D eigenvalue weighted by Crippen LogP contribution is -1.90. The maximum Gasteiger partial charge on any atom is 0.128 e. The van der Waals surface area contributed by atoms with Gasteiger partial charge >= 0.3 is 0 Å². The van der Waals surface area contributed by atoms with Crippen LogP contribution in [-0.4, -0.2) is 0 Å². The lowest BCUT2D eigenvalue weighted by atomic mass is 10.0. The van der Waals surface area contributed by atoms with Crippen molar-refractivity contribution in [1.29, 1.82) is 0 Å². The molecule has 0 saturated carbocycles. The van der Waals surface area contributed by atoms with Gasteiger partial charge in [-0.05, 0) is 41.3 Å². The third kappa shape index (κ3) is 3.74. The second-order valence-electron chi connectivity index (χ2n) is 4.72. The minimum absolute atomic E-state index is 0.490. The molecule has 2 aromatic carbocycles. The van der Waals surface area contributed by atoms with Crippen LogP contribution in [0.15, 0.2) is 46.9 Å². The molecule has 0 atom stereocenters. The minimum atomic E-state index is 0.490. The van der Waals surface area contributed by atoms with Crippen LogP contribution in [0.2, 0.25) is 0 Å². The fourth-order valence-electron chi connectivity index (χ4n) is 1.77. The molecule has 0 aliphatic carbocycles. The van der Waals surface area contributed by atoms with E-state index < -0.39 is 0 Å². The maximum absolute atomic E-state index is 5.88. The van der Waals surface area contributed by atoms with Crippen LogP contribution in [0.25, 0.3) is 0 Å². The Hall–Kier alpha value is -0.990. The topological polar surface area (TPSA) is 9.23 Å². The Labute approximate surface area is 127 Å². The summed E-state index contributed by atoms with van der Waals surface area (Å²) >= 11 is 9.32. The van der Waals surface area contributed by atoms with Gasteiger partial charge in [0.1, 0.15) is 11.5 Å². The van der Waals surface area contributed by atoms with Gasteiger partial charge in [0, 0.05) is 10.4 Å². The van der Waals surface area contributed by atoms with Gasteiger partial charge in [0.15, 0.2) is 0 Å². The maximum atomic E-state index is 5.88. The number of alkyl halides is 1. The summed E-state index contributed by atoms with van der Waals surface area (Å²) in [5, 5.41) is 0. The first kappa shape index (κ1) is 14.4. The molecule has 0 spiro atoms. The molecule has 0 aromatic heterocycles. The number of hydrogen-bond acceptors (Lipinski definition) is 1. The monoisotopic (exact) mass is 338 g/mol. The second kappa shape index (κ2) is 6.44. The normalized spacial score (nSPS) is 10.8. The molecule has 0 aliphatic heterocycles. The van der Waals surface area contributed by atoms with Crippen LogP contribution >= 0.6 is 27.5 Å². The molecule has 2 aromatic rings. The average Bonchev–Trinajstić information content (AvgIpc) is 2.39. The van der Waals surface area contributed by atoms with Crippen LogP contribution in [0, 0.1) is 0 Å². The van der Waals surface area contributed by atoms with Gasteiger partial charge in [-0.1, -0.05) is 48.0 Å². The third-order valence-corrected chi connectivity index (χ3v) is 3.96. The third-order valence-electron chi connectivity index (χ3n) is 2.93. The number of ether oxygens (including phenoxy) is 1. The lowest BCUT2D eigenvalue weighted by Gasteiger charge is -2.10. The molecule has 100 valence electrons. The predicted octanol–water partition coefficient (Wildman–Crippen LogP) is 6.10. The molecule has 1 nitrogen and oxygen atoms in total. The zero-order chi connectivity index (χ0) is 13.8. The fourth-order valence-corrected chi connectivity index (χ4v) is 2.67. The molecule has 0 radical (unpaired) electrons. The Morgan fingerprint density at radius 1 is 1.11 bits per heavy atom. The van der Waals surface area contributed by atoms with Crippen molar-refractivity contribution in [2.45, 2.75) is 25.6 Å². The molecule has 0 fully saturated rings. The van der Waals surface area contributed by atoms with Gasteiger partial charge in [0.2, 0.25) is 0 Å². The molecule has 0 amide bonds. The van der Waals surface area contributed by atoms with E-state index in [2.05, 4.69) is 41.9 Å². The minimum Gasteiger partial charge on any atom is -0.457 e. The van der Waals surface area contributed by atoms with Gasteiger partial charge in [-0.15, -0.1) is 11.6 Å². The quantitative estimate of drug-likeness (QED) is 0.611. The van der Waals surface area contributed by atoms with E-state index >= 15 is 0 Å². The number of rotatable bonds is 4. The van der Waals surface area contributed by atoms with Crippen molar-refractivity contribution in [3.05, 3.63) is 58.1 Å². The molecule has 19 heavy (non-hydrogen) atoms. The Morgan fingerprint density at radius 3 is 2.47 bits per heavy atom. The molecule has 3 heteroatoms. The summed E-state index contributed by atoms with van der Waals surface area (Å²) in [6.07, 6.45) is 0. The van der Waals surface area contributed by atoms with Crippen LogP contribution in [-0.2, 0) is 5.88 Å².